The van der Waals surface area contributed by atoms with Crippen LogP contribution >= 0.6 is 22.9 Å². The average molecular weight is 270 g/mol. The SMILES string of the molecule is CCC(C)(C)Nc1nc(Cl)nc2sc(C)cc12. The number of nitrogens with zero attached hydrogens (tertiary/aromatic N) is 2. The second-order valence-corrected chi connectivity index (χ2v) is 6.35. The molecular weight excluding hydrogens is 254 g/mol. The first-order chi connectivity index (χ1) is 7.91. The highest BCUT2D eigenvalue weighted by Gasteiger charge is 2.18. The molecule has 17 heavy (non-hydrogen) atoms. The molecule has 0 aliphatic heterocycles. The lowest BCUT2D eigenvalue weighted by Gasteiger charge is -2.25. The number of thiophene rings is 1. The molecule has 0 unspecified atom stereocenters. The summed E-state index contributed by atoms with van der Waals surface area (Å²) in [5.41, 5.74) is 0.000450. The summed E-state index contributed by atoms with van der Waals surface area (Å²) in [5.74, 6) is 0.830. The number of hydrogen-bond donors (Lipinski definition) is 1. The topological polar surface area (TPSA) is 37.8 Å². The summed E-state index contributed by atoms with van der Waals surface area (Å²) >= 11 is 7.59. The molecule has 0 saturated heterocycles. The molecule has 0 bridgehead atoms. The lowest BCUT2D eigenvalue weighted by molar-refractivity contribution is 0.545. The molecular formula is C12H16ClN3S. The third-order valence-electron chi connectivity index (χ3n) is 2.83. The lowest BCUT2D eigenvalue weighted by atomic mass is 10.0. The summed E-state index contributed by atoms with van der Waals surface area (Å²) in [6.07, 6.45) is 1.01. The van der Waals surface area contributed by atoms with Crippen molar-refractivity contribution in [2.45, 2.75) is 39.7 Å². The van der Waals surface area contributed by atoms with Gasteiger partial charge in [0.1, 0.15) is 10.6 Å². The van der Waals surface area contributed by atoms with E-state index in [-0.39, 0.29) is 5.54 Å². The van der Waals surface area contributed by atoms with Crippen LogP contribution in [0.2, 0.25) is 5.28 Å². The van der Waals surface area contributed by atoms with Crippen LogP contribution in [-0.2, 0) is 0 Å². The molecule has 0 fully saturated rings. The van der Waals surface area contributed by atoms with Crippen molar-refractivity contribution in [3.63, 3.8) is 0 Å². The summed E-state index contributed by atoms with van der Waals surface area (Å²) in [4.78, 5) is 10.7. The normalized spacial score (nSPS) is 12.1. The van der Waals surface area contributed by atoms with Crippen LogP contribution < -0.4 is 5.32 Å². The van der Waals surface area contributed by atoms with Crippen molar-refractivity contribution >= 4 is 39.0 Å². The zero-order chi connectivity index (χ0) is 12.6. The van der Waals surface area contributed by atoms with Gasteiger partial charge in [-0.15, -0.1) is 11.3 Å². The van der Waals surface area contributed by atoms with Gasteiger partial charge in [-0.1, -0.05) is 6.92 Å². The average Bonchev–Trinajstić information content (AvgIpc) is 2.58. The van der Waals surface area contributed by atoms with Crippen molar-refractivity contribution in [1.82, 2.24) is 9.97 Å². The van der Waals surface area contributed by atoms with Gasteiger partial charge in [-0.05, 0) is 44.9 Å². The molecule has 0 aliphatic carbocycles. The van der Waals surface area contributed by atoms with E-state index in [4.69, 9.17) is 11.6 Å². The molecule has 0 aliphatic rings. The molecule has 3 nitrogen and oxygen atoms in total. The van der Waals surface area contributed by atoms with Gasteiger partial charge in [-0.3, -0.25) is 0 Å². The van der Waals surface area contributed by atoms with Crippen molar-refractivity contribution in [3.05, 3.63) is 16.2 Å². The summed E-state index contributed by atoms with van der Waals surface area (Å²) < 4.78 is 0. The predicted octanol–water partition coefficient (Wildman–Crippen LogP) is 4.25. The van der Waals surface area contributed by atoms with Crippen molar-refractivity contribution in [2.24, 2.45) is 0 Å². The first-order valence-electron chi connectivity index (χ1n) is 5.63. The Morgan fingerprint density at radius 1 is 1.41 bits per heavy atom. The van der Waals surface area contributed by atoms with Crippen LogP contribution in [0.15, 0.2) is 6.07 Å². The maximum Gasteiger partial charge on any atom is 0.225 e. The number of anilines is 1. The molecule has 2 heterocycles. The minimum Gasteiger partial charge on any atom is -0.365 e. The van der Waals surface area contributed by atoms with Gasteiger partial charge < -0.3 is 5.32 Å². The molecule has 2 aromatic heterocycles. The van der Waals surface area contributed by atoms with Crippen molar-refractivity contribution in [1.29, 1.82) is 0 Å². The third kappa shape index (κ3) is 2.69. The lowest BCUT2D eigenvalue weighted by Crippen LogP contribution is -2.30. The molecule has 2 rings (SSSR count). The van der Waals surface area contributed by atoms with Crippen molar-refractivity contribution in [2.75, 3.05) is 5.32 Å². The Labute approximate surface area is 110 Å². The Bertz CT molecular complexity index is 548. The van der Waals surface area contributed by atoms with Gasteiger partial charge in [0.15, 0.2) is 0 Å². The molecule has 0 saturated carbocycles. The van der Waals surface area contributed by atoms with Gasteiger partial charge in [-0.25, -0.2) is 9.97 Å². The molecule has 1 N–H and O–H groups in total. The van der Waals surface area contributed by atoms with Crippen LogP contribution in [0.3, 0.4) is 0 Å². The van der Waals surface area contributed by atoms with Crippen LogP contribution in [0.1, 0.15) is 32.1 Å². The molecule has 2 aromatic rings. The van der Waals surface area contributed by atoms with Crippen molar-refractivity contribution < 1.29 is 0 Å². The molecule has 0 aromatic carbocycles. The largest absolute Gasteiger partial charge is 0.365 e. The van der Waals surface area contributed by atoms with E-state index in [1.807, 2.05) is 0 Å². The second kappa shape index (κ2) is 4.42. The predicted molar refractivity (Wildman–Crippen MR) is 75.2 cm³/mol. The third-order valence-corrected chi connectivity index (χ3v) is 3.94. The zero-order valence-corrected chi connectivity index (χ0v) is 12.0. The number of fused-ring (bicyclic) bond motifs is 1. The Morgan fingerprint density at radius 3 is 2.76 bits per heavy atom. The van der Waals surface area contributed by atoms with Gasteiger partial charge in [-0.2, -0.15) is 0 Å². The van der Waals surface area contributed by atoms with Crippen molar-refractivity contribution in [3.8, 4) is 0 Å². The van der Waals surface area contributed by atoms with Crippen LogP contribution in [0.4, 0.5) is 5.82 Å². The smallest absolute Gasteiger partial charge is 0.225 e. The van der Waals surface area contributed by atoms with E-state index in [1.54, 1.807) is 11.3 Å². The molecule has 5 heteroatoms. The number of halogens is 1. The number of hydrogen-bond acceptors (Lipinski definition) is 4. The summed E-state index contributed by atoms with van der Waals surface area (Å²) in [5, 5.41) is 4.79. The monoisotopic (exact) mass is 269 g/mol. The van der Waals surface area contributed by atoms with Crippen LogP contribution in [0.5, 0.6) is 0 Å². The van der Waals surface area contributed by atoms with E-state index in [0.717, 1.165) is 22.5 Å². The number of aryl methyl sites for hydroxylation is 1. The fraction of sp³-hybridized carbons (Fsp3) is 0.500. The van der Waals surface area contributed by atoms with Crippen LogP contribution in [0, 0.1) is 6.92 Å². The highest BCUT2D eigenvalue weighted by atomic mass is 35.5. The zero-order valence-electron chi connectivity index (χ0n) is 10.5. The maximum atomic E-state index is 5.95. The van der Waals surface area contributed by atoms with Gasteiger partial charge in [0, 0.05) is 10.4 Å². The molecule has 92 valence electrons. The van der Waals surface area contributed by atoms with E-state index >= 15 is 0 Å². The Balaban J connectivity index is 2.52. The van der Waals surface area contributed by atoms with E-state index < -0.39 is 0 Å². The Kier molecular flexibility index (Phi) is 3.27. The minimum atomic E-state index is 0.000450. The molecule has 0 atom stereocenters. The summed E-state index contributed by atoms with van der Waals surface area (Å²) in [6, 6.07) is 2.10. The Morgan fingerprint density at radius 2 is 2.12 bits per heavy atom. The second-order valence-electron chi connectivity index (χ2n) is 4.78. The van der Waals surface area contributed by atoms with Crippen LogP contribution in [0.25, 0.3) is 10.2 Å². The van der Waals surface area contributed by atoms with Gasteiger partial charge in [0.2, 0.25) is 5.28 Å². The van der Waals surface area contributed by atoms with E-state index in [1.165, 1.54) is 4.88 Å². The number of nitrogens with one attached hydrogen (secondary N) is 1. The summed E-state index contributed by atoms with van der Waals surface area (Å²) in [7, 11) is 0. The molecule has 0 spiro atoms. The fourth-order valence-corrected chi connectivity index (χ4v) is 2.62. The summed E-state index contributed by atoms with van der Waals surface area (Å²) in [6.45, 7) is 8.50. The van der Waals surface area contributed by atoms with E-state index in [9.17, 15) is 0 Å². The van der Waals surface area contributed by atoms with Crippen LogP contribution in [-0.4, -0.2) is 15.5 Å². The van der Waals surface area contributed by atoms with E-state index in [2.05, 4.69) is 49.0 Å². The van der Waals surface area contributed by atoms with Gasteiger partial charge >= 0.3 is 0 Å². The molecule has 0 amide bonds. The maximum absolute atomic E-state index is 5.95. The number of aromatic nitrogens is 2. The highest BCUT2D eigenvalue weighted by Crippen LogP contribution is 2.31. The van der Waals surface area contributed by atoms with Gasteiger partial charge in [0.05, 0.1) is 5.39 Å². The minimum absolute atomic E-state index is 0.000450. The first kappa shape index (κ1) is 12.6. The fourth-order valence-electron chi connectivity index (χ4n) is 1.52. The van der Waals surface area contributed by atoms with Gasteiger partial charge in [0.25, 0.3) is 0 Å². The highest BCUT2D eigenvalue weighted by molar-refractivity contribution is 7.18. The van der Waals surface area contributed by atoms with E-state index in [0.29, 0.717) is 5.28 Å². The standard InChI is InChI=1S/C12H16ClN3S/c1-5-12(3,4)16-9-8-6-7(2)17-10(8)15-11(13)14-9/h6H,5H2,1-4H3,(H,14,15,16). The number of rotatable bonds is 3. The first-order valence-corrected chi connectivity index (χ1v) is 6.82. The molecule has 0 radical (unpaired) electrons. The Hall–Kier alpha value is -0.870. The quantitative estimate of drug-likeness (QED) is 0.847.